The minimum absolute atomic E-state index is 0.101. The van der Waals surface area contributed by atoms with Crippen LogP contribution in [0.25, 0.3) is 10.9 Å². The van der Waals surface area contributed by atoms with Crippen LogP contribution in [0.15, 0.2) is 42.6 Å². The largest absolute Gasteiger partial charge is 0.491 e. The average Bonchev–Trinajstić information content (AvgIpc) is 2.62. The summed E-state index contributed by atoms with van der Waals surface area (Å²) < 4.78 is 39.0. The number of pyridine rings is 1. The second-order valence-corrected chi connectivity index (χ2v) is 5.18. The zero-order valence-corrected chi connectivity index (χ0v) is 13.4. The number of nitrogens with zero attached hydrogens (tertiary/aromatic N) is 1. The Labute approximate surface area is 142 Å². The van der Waals surface area contributed by atoms with Gasteiger partial charge in [-0.05, 0) is 18.2 Å². The molecule has 2 aromatic carbocycles. The van der Waals surface area contributed by atoms with Crippen molar-refractivity contribution in [3.63, 3.8) is 0 Å². The van der Waals surface area contributed by atoms with Crippen molar-refractivity contribution in [3.8, 4) is 17.2 Å². The highest BCUT2D eigenvalue weighted by atomic mass is 19.1. The molecule has 0 radical (unpaired) electrons. The maximum absolute atomic E-state index is 14.1. The molecular formula is C18H16F2N2O3. The fourth-order valence-corrected chi connectivity index (χ4v) is 2.36. The molecule has 0 aliphatic carbocycles. The Kier molecular flexibility index (Phi) is 4.95. The van der Waals surface area contributed by atoms with Crippen molar-refractivity contribution in [1.29, 1.82) is 0 Å². The number of hydrogen-bond acceptors (Lipinski definition) is 5. The van der Waals surface area contributed by atoms with Crippen LogP contribution in [0.4, 0.5) is 14.5 Å². The molecule has 5 nitrogen and oxygen atoms in total. The summed E-state index contributed by atoms with van der Waals surface area (Å²) >= 11 is 0. The van der Waals surface area contributed by atoms with Gasteiger partial charge in [0.25, 0.3) is 0 Å². The van der Waals surface area contributed by atoms with E-state index in [1.807, 2.05) is 0 Å². The van der Waals surface area contributed by atoms with E-state index in [4.69, 9.17) is 14.6 Å². The summed E-state index contributed by atoms with van der Waals surface area (Å²) in [4.78, 5) is 4.20. The van der Waals surface area contributed by atoms with Crippen LogP contribution < -0.4 is 14.8 Å². The fraction of sp³-hybridized carbons (Fsp3) is 0.167. The summed E-state index contributed by atoms with van der Waals surface area (Å²) in [6, 6.07) is 8.85. The van der Waals surface area contributed by atoms with Crippen LogP contribution in [0.1, 0.15) is 0 Å². The fourth-order valence-electron chi connectivity index (χ4n) is 2.36. The van der Waals surface area contributed by atoms with Gasteiger partial charge in [0.1, 0.15) is 18.1 Å². The molecule has 0 spiro atoms. The molecule has 0 fully saturated rings. The molecule has 0 atom stereocenters. The van der Waals surface area contributed by atoms with Crippen molar-refractivity contribution in [2.24, 2.45) is 0 Å². The summed E-state index contributed by atoms with van der Waals surface area (Å²) in [5.41, 5.74) is 0.855. The maximum atomic E-state index is 14.1. The highest BCUT2D eigenvalue weighted by molar-refractivity contribution is 5.86. The van der Waals surface area contributed by atoms with Crippen molar-refractivity contribution in [2.45, 2.75) is 0 Å². The highest BCUT2D eigenvalue weighted by Gasteiger charge is 2.15. The Balaban J connectivity index is 1.97. The van der Waals surface area contributed by atoms with Crippen LogP contribution in [0.2, 0.25) is 0 Å². The van der Waals surface area contributed by atoms with Crippen molar-refractivity contribution in [2.75, 3.05) is 25.6 Å². The number of hydrogen-bond donors (Lipinski definition) is 2. The van der Waals surface area contributed by atoms with Crippen molar-refractivity contribution < 1.29 is 23.4 Å². The molecule has 130 valence electrons. The first-order valence-corrected chi connectivity index (χ1v) is 7.59. The minimum Gasteiger partial charge on any atom is -0.491 e. The third-order valence-corrected chi connectivity index (χ3v) is 3.53. The van der Waals surface area contributed by atoms with Crippen molar-refractivity contribution in [1.82, 2.24) is 4.98 Å². The van der Waals surface area contributed by atoms with Crippen LogP contribution in [-0.2, 0) is 0 Å². The van der Waals surface area contributed by atoms with Gasteiger partial charge in [-0.1, -0.05) is 0 Å². The van der Waals surface area contributed by atoms with Gasteiger partial charge < -0.3 is 19.9 Å². The Morgan fingerprint density at radius 3 is 2.56 bits per heavy atom. The van der Waals surface area contributed by atoms with Crippen LogP contribution >= 0.6 is 0 Å². The Bertz CT molecular complexity index is 880. The number of benzene rings is 2. The molecule has 0 bridgehead atoms. The predicted molar refractivity (Wildman–Crippen MR) is 90.3 cm³/mol. The smallest absolute Gasteiger partial charge is 0.198 e. The van der Waals surface area contributed by atoms with Crippen LogP contribution in [0, 0.1) is 11.6 Å². The number of aliphatic hydroxyl groups is 1. The van der Waals surface area contributed by atoms with Crippen LogP contribution in [0.3, 0.4) is 0 Å². The number of rotatable bonds is 6. The molecule has 0 amide bonds. The van der Waals surface area contributed by atoms with E-state index in [9.17, 15) is 8.78 Å². The van der Waals surface area contributed by atoms with Crippen molar-refractivity contribution in [3.05, 3.63) is 54.2 Å². The van der Waals surface area contributed by atoms with E-state index in [1.54, 1.807) is 25.2 Å². The molecule has 3 aromatic rings. The van der Waals surface area contributed by atoms with Gasteiger partial charge in [-0.15, -0.1) is 0 Å². The first-order valence-electron chi connectivity index (χ1n) is 7.59. The summed E-state index contributed by atoms with van der Waals surface area (Å²) in [5.74, 6) is -1.29. The third-order valence-electron chi connectivity index (χ3n) is 3.53. The van der Waals surface area contributed by atoms with Crippen LogP contribution in [0.5, 0.6) is 17.2 Å². The van der Waals surface area contributed by atoms with Gasteiger partial charge in [0, 0.05) is 42.5 Å². The molecule has 2 N–H and O–H groups in total. The molecule has 0 saturated heterocycles. The normalized spacial score (nSPS) is 10.7. The predicted octanol–water partition coefficient (Wildman–Crippen LogP) is 3.72. The number of nitrogens with one attached hydrogen (secondary N) is 1. The standard InChI is InChI=1S/C18H16F2N2O3/c1-21-11-8-14(19)18(15(20)9-11)25-17-4-5-22-16-10-12(24-7-6-23)2-3-13(16)17/h2-5,8-10,21,23H,6-7H2,1H3. The van der Waals surface area contributed by atoms with E-state index in [0.717, 1.165) is 12.1 Å². The molecule has 25 heavy (non-hydrogen) atoms. The Morgan fingerprint density at radius 1 is 1.12 bits per heavy atom. The van der Waals surface area contributed by atoms with Gasteiger partial charge in [-0.3, -0.25) is 4.98 Å². The number of anilines is 1. The molecular weight excluding hydrogens is 330 g/mol. The zero-order valence-electron chi connectivity index (χ0n) is 13.4. The van der Waals surface area contributed by atoms with E-state index in [-0.39, 0.29) is 19.0 Å². The summed E-state index contributed by atoms with van der Waals surface area (Å²) in [5, 5.41) is 12.1. The molecule has 0 aliphatic rings. The molecule has 3 rings (SSSR count). The Hall–Kier alpha value is -2.93. The zero-order chi connectivity index (χ0) is 17.8. The summed E-state index contributed by atoms with van der Waals surface area (Å²) in [7, 11) is 1.57. The quantitative estimate of drug-likeness (QED) is 0.712. The van der Waals surface area contributed by atoms with Gasteiger partial charge in [0.05, 0.1) is 12.1 Å². The first kappa shape index (κ1) is 16.9. The van der Waals surface area contributed by atoms with E-state index in [1.165, 1.54) is 12.3 Å². The molecule has 0 unspecified atom stereocenters. The van der Waals surface area contributed by atoms with Gasteiger partial charge in [0.2, 0.25) is 0 Å². The molecule has 0 saturated carbocycles. The maximum Gasteiger partial charge on any atom is 0.198 e. The third kappa shape index (κ3) is 3.61. The topological polar surface area (TPSA) is 63.6 Å². The Morgan fingerprint density at radius 2 is 1.88 bits per heavy atom. The summed E-state index contributed by atoms with van der Waals surface area (Å²) in [6.45, 7) is 0.0612. The number of aliphatic hydroxyl groups excluding tert-OH is 1. The van der Waals surface area contributed by atoms with Crippen molar-refractivity contribution >= 4 is 16.6 Å². The number of aromatic nitrogens is 1. The molecule has 1 heterocycles. The van der Waals surface area contributed by atoms with Crippen LogP contribution in [-0.4, -0.2) is 30.4 Å². The van der Waals surface area contributed by atoms with Gasteiger partial charge >= 0.3 is 0 Å². The molecule has 7 heteroatoms. The van der Waals surface area contributed by atoms with E-state index >= 15 is 0 Å². The number of halogens is 2. The van der Waals surface area contributed by atoms with Gasteiger partial charge in [-0.2, -0.15) is 0 Å². The highest BCUT2D eigenvalue weighted by Crippen LogP contribution is 2.34. The van der Waals surface area contributed by atoms with E-state index in [2.05, 4.69) is 10.3 Å². The molecule has 1 aromatic heterocycles. The minimum atomic E-state index is -0.808. The number of ether oxygens (including phenoxy) is 2. The lowest BCUT2D eigenvalue weighted by Gasteiger charge is -2.12. The summed E-state index contributed by atoms with van der Waals surface area (Å²) in [6.07, 6.45) is 1.48. The SMILES string of the molecule is CNc1cc(F)c(Oc2ccnc3cc(OCCO)ccc23)c(F)c1. The van der Waals surface area contributed by atoms with Gasteiger partial charge in [0.15, 0.2) is 17.4 Å². The lowest BCUT2D eigenvalue weighted by atomic mass is 10.2. The van der Waals surface area contributed by atoms with E-state index < -0.39 is 17.4 Å². The van der Waals surface area contributed by atoms with E-state index in [0.29, 0.717) is 22.3 Å². The first-order chi connectivity index (χ1) is 12.1. The monoisotopic (exact) mass is 346 g/mol. The lowest BCUT2D eigenvalue weighted by molar-refractivity contribution is 0.201. The lowest BCUT2D eigenvalue weighted by Crippen LogP contribution is -2.01. The van der Waals surface area contributed by atoms with Gasteiger partial charge in [-0.25, -0.2) is 8.78 Å². The second-order valence-electron chi connectivity index (χ2n) is 5.18. The molecule has 0 aliphatic heterocycles. The second kappa shape index (κ2) is 7.31. The number of fused-ring (bicyclic) bond motifs is 1. The average molecular weight is 346 g/mol.